The van der Waals surface area contributed by atoms with Crippen molar-refractivity contribution in [3.05, 3.63) is 71.9 Å². The number of hydrogen-bond acceptors (Lipinski definition) is 7. The van der Waals surface area contributed by atoms with E-state index in [1.165, 1.54) is 30.5 Å². The molecule has 0 saturated heterocycles. The van der Waals surface area contributed by atoms with Gasteiger partial charge in [-0.2, -0.15) is 0 Å². The first-order valence-electron chi connectivity index (χ1n) is 13.5. The van der Waals surface area contributed by atoms with Crippen LogP contribution in [0.3, 0.4) is 0 Å². The summed E-state index contributed by atoms with van der Waals surface area (Å²) in [6.45, 7) is 6.32. The molecular weight excluding hydrogens is 540 g/mol. The molecule has 2 aromatic carbocycles. The molecule has 0 fully saturated rings. The number of carbonyl (C=O) groups excluding carboxylic acids is 5. The molecule has 1 aromatic heterocycles. The third-order valence-electron chi connectivity index (χ3n) is 6.53. The van der Waals surface area contributed by atoms with Gasteiger partial charge in [-0.25, -0.2) is 9.59 Å². The monoisotopic (exact) mass is 578 g/mol. The molecule has 11 heteroatoms. The third-order valence-corrected chi connectivity index (χ3v) is 6.53. The molecule has 0 radical (unpaired) electrons. The lowest BCUT2D eigenvalue weighted by Gasteiger charge is -2.29. The molecule has 0 spiro atoms. The maximum absolute atomic E-state index is 13.7. The Labute approximate surface area is 245 Å². The highest BCUT2D eigenvalue weighted by Gasteiger charge is 2.32. The van der Waals surface area contributed by atoms with Gasteiger partial charge >= 0.3 is 12.1 Å². The van der Waals surface area contributed by atoms with Crippen LogP contribution in [0, 0.1) is 0 Å². The minimum Gasteiger partial charge on any atom is -0.467 e. The van der Waals surface area contributed by atoms with Crippen molar-refractivity contribution in [2.45, 2.75) is 58.2 Å². The summed E-state index contributed by atoms with van der Waals surface area (Å²) in [6, 6.07) is 14.2. The predicted octanol–water partition coefficient (Wildman–Crippen LogP) is 2.83. The van der Waals surface area contributed by atoms with Crippen LogP contribution in [0.5, 0.6) is 0 Å². The van der Waals surface area contributed by atoms with Crippen molar-refractivity contribution in [3.63, 3.8) is 0 Å². The number of fused-ring (bicyclic) bond motifs is 1. The minimum absolute atomic E-state index is 0.0103. The lowest BCUT2D eigenvalue weighted by atomic mass is 10.0. The van der Waals surface area contributed by atoms with E-state index in [1.54, 1.807) is 39.1 Å². The number of esters is 1. The first-order valence-corrected chi connectivity index (χ1v) is 13.5. The minimum atomic E-state index is -1.13. The number of methoxy groups -OCH3 is 1. The Bertz CT molecular complexity index is 1440. The molecule has 3 aromatic rings. The number of hydrogen-bond donors (Lipinski definition) is 2. The number of para-hydroxylation sites is 1. The highest BCUT2D eigenvalue weighted by Crippen LogP contribution is 2.24. The molecule has 11 nitrogen and oxygen atoms in total. The molecular formula is C31H38N4O7. The van der Waals surface area contributed by atoms with Crippen molar-refractivity contribution in [2.75, 3.05) is 20.7 Å². The molecule has 0 aliphatic rings. The quantitative estimate of drug-likeness (QED) is 0.353. The summed E-state index contributed by atoms with van der Waals surface area (Å²) in [4.78, 5) is 65.0. The van der Waals surface area contributed by atoms with Gasteiger partial charge in [0.1, 0.15) is 17.7 Å². The van der Waals surface area contributed by atoms with E-state index in [-0.39, 0.29) is 25.3 Å². The van der Waals surface area contributed by atoms with Crippen LogP contribution in [0.1, 0.15) is 38.8 Å². The number of ether oxygens (including phenoxy) is 2. The molecule has 0 bridgehead atoms. The number of likely N-dealkylation sites (N-methyl/N-ethyl adjacent to an activating group) is 1. The van der Waals surface area contributed by atoms with Crippen molar-refractivity contribution in [3.8, 4) is 0 Å². The van der Waals surface area contributed by atoms with E-state index in [9.17, 15) is 24.0 Å². The van der Waals surface area contributed by atoms with Crippen molar-refractivity contribution >= 4 is 40.7 Å². The van der Waals surface area contributed by atoms with Crippen LogP contribution in [-0.2, 0) is 41.5 Å². The van der Waals surface area contributed by atoms with Crippen molar-refractivity contribution in [1.82, 2.24) is 20.1 Å². The fraction of sp³-hybridized carbons (Fsp3) is 0.387. The molecule has 0 aliphatic heterocycles. The normalized spacial score (nSPS) is 12.6. The zero-order valence-corrected chi connectivity index (χ0v) is 24.8. The SMILES string of the molecule is COC(=O)[C@H](Cc1cn(C(=O)OC(C)(C)C)c2ccccc12)NC(=O)[C@H](Cc1ccccc1)N(C)C(=O)CNC(C)=O. The fourth-order valence-corrected chi connectivity index (χ4v) is 4.44. The number of nitrogens with zero attached hydrogens (tertiary/aromatic N) is 2. The molecule has 0 saturated carbocycles. The molecule has 3 rings (SSSR count). The average Bonchev–Trinajstić information content (AvgIpc) is 3.31. The second-order valence-electron chi connectivity index (χ2n) is 10.9. The van der Waals surface area contributed by atoms with Gasteiger partial charge in [0.15, 0.2) is 0 Å². The Morgan fingerprint density at radius 2 is 1.60 bits per heavy atom. The summed E-state index contributed by atoms with van der Waals surface area (Å²) in [6.07, 6.45) is 1.19. The van der Waals surface area contributed by atoms with Crippen LogP contribution in [0.15, 0.2) is 60.8 Å². The van der Waals surface area contributed by atoms with E-state index in [0.717, 1.165) is 5.56 Å². The van der Waals surface area contributed by atoms with E-state index in [2.05, 4.69) is 10.6 Å². The Balaban J connectivity index is 1.92. The zero-order valence-electron chi connectivity index (χ0n) is 24.8. The molecule has 0 unspecified atom stereocenters. The number of nitrogens with one attached hydrogen (secondary N) is 2. The Morgan fingerprint density at radius 1 is 0.952 bits per heavy atom. The number of amides is 3. The second kappa shape index (κ2) is 13.8. The van der Waals surface area contributed by atoms with Crippen LogP contribution in [0.4, 0.5) is 4.79 Å². The highest BCUT2D eigenvalue weighted by atomic mass is 16.6. The van der Waals surface area contributed by atoms with Gasteiger partial charge in [-0.05, 0) is 38.0 Å². The zero-order chi connectivity index (χ0) is 31.0. The first kappa shape index (κ1) is 31.9. The van der Waals surface area contributed by atoms with Gasteiger partial charge in [0.25, 0.3) is 0 Å². The maximum atomic E-state index is 13.7. The first-order chi connectivity index (χ1) is 19.8. The van der Waals surface area contributed by atoms with Crippen LogP contribution in [0.2, 0.25) is 0 Å². The molecule has 1 heterocycles. The maximum Gasteiger partial charge on any atom is 0.419 e. The van der Waals surface area contributed by atoms with Crippen molar-refractivity contribution in [2.24, 2.45) is 0 Å². The second-order valence-corrected chi connectivity index (χ2v) is 10.9. The molecule has 0 aliphatic carbocycles. The van der Waals surface area contributed by atoms with E-state index in [0.29, 0.717) is 16.5 Å². The number of rotatable bonds is 10. The van der Waals surface area contributed by atoms with E-state index in [1.807, 2.05) is 42.5 Å². The molecule has 224 valence electrons. The lowest BCUT2D eigenvalue weighted by molar-refractivity contribution is -0.146. The van der Waals surface area contributed by atoms with Crippen LogP contribution < -0.4 is 10.6 Å². The van der Waals surface area contributed by atoms with Gasteiger partial charge in [0.2, 0.25) is 17.7 Å². The highest BCUT2D eigenvalue weighted by molar-refractivity contribution is 5.94. The summed E-state index contributed by atoms with van der Waals surface area (Å²) in [5.41, 5.74) is 1.28. The Kier molecular flexibility index (Phi) is 10.5. The molecule has 42 heavy (non-hydrogen) atoms. The Hall–Kier alpha value is -4.67. The van der Waals surface area contributed by atoms with Gasteiger partial charge < -0.3 is 25.0 Å². The van der Waals surface area contributed by atoms with Crippen molar-refractivity contribution < 1.29 is 33.4 Å². The van der Waals surface area contributed by atoms with Crippen LogP contribution >= 0.6 is 0 Å². The summed E-state index contributed by atoms with van der Waals surface area (Å²) < 4.78 is 11.9. The van der Waals surface area contributed by atoms with Crippen LogP contribution in [0.25, 0.3) is 10.9 Å². The van der Waals surface area contributed by atoms with Gasteiger partial charge in [-0.1, -0.05) is 48.5 Å². The number of aromatic nitrogens is 1. The van der Waals surface area contributed by atoms with E-state index < -0.39 is 41.6 Å². The van der Waals surface area contributed by atoms with E-state index in [4.69, 9.17) is 9.47 Å². The van der Waals surface area contributed by atoms with Gasteiger partial charge in [0.05, 0.1) is 19.2 Å². The summed E-state index contributed by atoms with van der Waals surface area (Å²) in [7, 11) is 2.69. The molecule has 2 atom stereocenters. The third kappa shape index (κ3) is 8.42. The molecule has 3 amide bonds. The lowest BCUT2D eigenvalue weighted by Crippen LogP contribution is -2.55. The fourth-order valence-electron chi connectivity index (χ4n) is 4.44. The van der Waals surface area contributed by atoms with Gasteiger partial charge in [-0.15, -0.1) is 0 Å². The molecule has 2 N–H and O–H groups in total. The topological polar surface area (TPSA) is 136 Å². The number of carbonyl (C=O) groups is 5. The smallest absolute Gasteiger partial charge is 0.419 e. The summed E-state index contributed by atoms with van der Waals surface area (Å²) in [5.74, 6) is -2.12. The van der Waals surface area contributed by atoms with Crippen LogP contribution in [-0.4, -0.2) is 77.6 Å². The summed E-state index contributed by atoms with van der Waals surface area (Å²) >= 11 is 0. The van der Waals surface area contributed by atoms with E-state index >= 15 is 0 Å². The largest absolute Gasteiger partial charge is 0.467 e. The number of benzene rings is 2. The predicted molar refractivity (Wildman–Crippen MR) is 157 cm³/mol. The summed E-state index contributed by atoms with van der Waals surface area (Å²) in [5, 5.41) is 5.91. The average molecular weight is 579 g/mol. The Morgan fingerprint density at radius 3 is 2.21 bits per heavy atom. The van der Waals surface area contributed by atoms with Gasteiger partial charge in [0, 0.05) is 38.4 Å². The van der Waals surface area contributed by atoms with Crippen molar-refractivity contribution in [1.29, 1.82) is 0 Å². The van der Waals surface area contributed by atoms with Gasteiger partial charge in [-0.3, -0.25) is 19.0 Å². The standard InChI is InChI=1S/C31H38N4O7/c1-20(36)32-18-27(37)34(5)26(16-21-12-8-7-9-13-21)28(38)33-24(29(39)41-6)17-22-19-35(30(40)42-31(2,3)4)25-15-11-10-14-23(22)25/h7-15,19,24,26H,16-18H2,1-6H3,(H,32,36)(H,33,38)/t24-,26-/m0/s1.